The molecule has 0 saturated carbocycles. The molecule has 1 aliphatic heterocycles. The second-order valence-corrected chi connectivity index (χ2v) is 8.18. The van der Waals surface area contributed by atoms with Crippen molar-refractivity contribution in [3.63, 3.8) is 0 Å². The standard InChI is InChI=1S/C26H24N6O3/c1-18(33)25(31-12-14-32(15-13-31)26-27-10-5-11-28-26)30-29-20-8-9-21-22(34)17-23(35-24(21)16-20)19-6-3-2-4-7-19/h2-11,16-17,29H,12-15H2,1H3/b30-25-. The molecule has 5 rings (SSSR count). The van der Waals surface area contributed by atoms with Gasteiger partial charge in [0.1, 0.15) is 11.3 Å². The third-order valence-electron chi connectivity index (χ3n) is 5.81. The number of Topliss-reactive ketones (excluding diaryl/α,β-unsaturated/α-hetero) is 1. The SMILES string of the molecule is CC(=O)/C(=N/Nc1ccc2c(=O)cc(-c3ccccc3)oc2c1)N1CCN(c2ncccn2)CC1. The Morgan fingerprint density at radius 3 is 2.43 bits per heavy atom. The van der Waals surface area contributed by atoms with Crippen molar-refractivity contribution in [3.8, 4) is 11.3 Å². The van der Waals surface area contributed by atoms with E-state index in [-0.39, 0.29) is 11.2 Å². The molecule has 1 aliphatic rings. The highest BCUT2D eigenvalue weighted by Gasteiger charge is 2.23. The van der Waals surface area contributed by atoms with E-state index in [1.54, 1.807) is 36.7 Å². The second kappa shape index (κ2) is 9.76. The molecule has 3 heterocycles. The molecule has 0 amide bonds. The van der Waals surface area contributed by atoms with Gasteiger partial charge in [-0.05, 0) is 18.2 Å². The van der Waals surface area contributed by atoms with Gasteiger partial charge in [0, 0.05) is 63.2 Å². The smallest absolute Gasteiger partial charge is 0.225 e. The van der Waals surface area contributed by atoms with Gasteiger partial charge < -0.3 is 14.2 Å². The first-order valence-corrected chi connectivity index (χ1v) is 11.3. The van der Waals surface area contributed by atoms with E-state index >= 15 is 0 Å². The van der Waals surface area contributed by atoms with E-state index < -0.39 is 0 Å². The maximum atomic E-state index is 12.6. The number of carbonyl (C=O) groups is 1. The summed E-state index contributed by atoms with van der Waals surface area (Å²) in [5.74, 6) is 1.38. The normalized spacial score (nSPS) is 14.3. The van der Waals surface area contributed by atoms with E-state index in [4.69, 9.17) is 4.42 Å². The molecule has 0 spiro atoms. The fraction of sp³-hybridized carbons (Fsp3) is 0.192. The van der Waals surface area contributed by atoms with E-state index in [1.165, 1.54) is 13.0 Å². The monoisotopic (exact) mass is 468 g/mol. The van der Waals surface area contributed by atoms with Crippen molar-refractivity contribution in [2.75, 3.05) is 36.5 Å². The largest absolute Gasteiger partial charge is 0.456 e. The number of nitrogens with zero attached hydrogens (tertiary/aromatic N) is 5. The Morgan fingerprint density at radius 1 is 0.971 bits per heavy atom. The number of hydrogen-bond acceptors (Lipinski definition) is 8. The van der Waals surface area contributed by atoms with E-state index in [1.807, 2.05) is 35.2 Å². The van der Waals surface area contributed by atoms with Gasteiger partial charge in [0.05, 0.1) is 11.1 Å². The molecule has 2 aromatic carbocycles. The molecule has 2 aromatic heterocycles. The van der Waals surface area contributed by atoms with Gasteiger partial charge in [-0.2, -0.15) is 5.10 Å². The Hall–Kier alpha value is -4.53. The predicted molar refractivity (Wildman–Crippen MR) is 135 cm³/mol. The van der Waals surface area contributed by atoms with Crippen LogP contribution in [0.25, 0.3) is 22.3 Å². The number of hydrazone groups is 1. The molecule has 9 nitrogen and oxygen atoms in total. The molecular weight excluding hydrogens is 444 g/mol. The molecule has 35 heavy (non-hydrogen) atoms. The van der Waals surface area contributed by atoms with Gasteiger partial charge >= 0.3 is 0 Å². The molecule has 0 aliphatic carbocycles. The summed E-state index contributed by atoms with van der Waals surface area (Å²) >= 11 is 0. The van der Waals surface area contributed by atoms with Crippen molar-refractivity contribution in [2.45, 2.75) is 6.92 Å². The van der Waals surface area contributed by atoms with E-state index in [9.17, 15) is 9.59 Å². The van der Waals surface area contributed by atoms with Gasteiger partial charge in [0.2, 0.25) is 5.95 Å². The number of rotatable bonds is 5. The van der Waals surface area contributed by atoms with Crippen LogP contribution in [0.15, 0.2) is 87.4 Å². The predicted octanol–water partition coefficient (Wildman–Crippen LogP) is 3.39. The number of aromatic nitrogens is 2. The van der Waals surface area contributed by atoms with Crippen LogP contribution in [0.5, 0.6) is 0 Å². The molecule has 1 saturated heterocycles. The number of amidine groups is 1. The zero-order chi connectivity index (χ0) is 24.2. The minimum Gasteiger partial charge on any atom is -0.456 e. The van der Waals surface area contributed by atoms with E-state index in [0.29, 0.717) is 60.4 Å². The molecule has 9 heteroatoms. The number of anilines is 2. The molecule has 0 radical (unpaired) electrons. The minimum absolute atomic E-state index is 0.121. The first-order chi connectivity index (χ1) is 17.1. The van der Waals surface area contributed by atoms with Crippen molar-refractivity contribution in [1.82, 2.24) is 14.9 Å². The Labute approximate surface area is 201 Å². The maximum Gasteiger partial charge on any atom is 0.225 e. The van der Waals surface area contributed by atoms with Crippen LogP contribution in [0, 0.1) is 0 Å². The number of hydrogen-bond donors (Lipinski definition) is 1. The molecule has 4 aromatic rings. The summed E-state index contributed by atoms with van der Waals surface area (Å²) in [5, 5.41) is 4.88. The second-order valence-electron chi connectivity index (χ2n) is 8.18. The fourth-order valence-electron chi connectivity index (χ4n) is 4.03. The Balaban J connectivity index is 1.35. The summed E-state index contributed by atoms with van der Waals surface area (Å²) < 4.78 is 6.01. The number of fused-ring (bicyclic) bond motifs is 1. The molecule has 0 unspecified atom stereocenters. The third kappa shape index (κ3) is 4.89. The average molecular weight is 469 g/mol. The van der Waals surface area contributed by atoms with Crippen LogP contribution in [-0.2, 0) is 4.79 Å². The van der Waals surface area contributed by atoms with Gasteiger partial charge in [-0.1, -0.05) is 30.3 Å². The lowest BCUT2D eigenvalue weighted by atomic mass is 10.1. The molecule has 0 atom stereocenters. The molecule has 176 valence electrons. The number of ketones is 1. The van der Waals surface area contributed by atoms with Crippen molar-refractivity contribution < 1.29 is 9.21 Å². The maximum absolute atomic E-state index is 12.6. The third-order valence-corrected chi connectivity index (χ3v) is 5.81. The van der Waals surface area contributed by atoms with Crippen LogP contribution in [-0.4, -0.2) is 52.7 Å². The average Bonchev–Trinajstić information content (AvgIpc) is 2.90. The van der Waals surface area contributed by atoms with Gasteiger partial charge in [-0.15, -0.1) is 0 Å². The summed E-state index contributed by atoms with van der Waals surface area (Å²) in [4.78, 5) is 37.6. The Morgan fingerprint density at radius 2 is 1.71 bits per heavy atom. The molecule has 1 N–H and O–H groups in total. The first kappa shape index (κ1) is 22.3. The van der Waals surface area contributed by atoms with Gasteiger partial charge in [-0.3, -0.25) is 15.0 Å². The van der Waals surface area contributed by atoms with Crippen LogP contribution in [0.1, 0.15) is 6.92 Å². The lowest BCUT2D eigenvalue weighted by Crippen LogP contribution is -2.51. The lowest BCUT2D eigenvalue weighted by Gasteiger charge is -2.35. The lowest BCUT2D eigenvalue weighted by molar-refractivity contribution is -0.111. The van der Waals surface area contributed by atoms with Gasteiger partial charge in [-0.25, -0.2) is 9.97 Å². The molecule has 0 bridgehead atoms. The van der Waals surface area contributed by atoms with Crippen LogP contribution < -0.4 is 15.8 Å². The number of piperazine rings is 1. The van der Waals surface area contributed by atoms with Crippen LogP contribution in [0.2, 0.25) is 0 Å². The zero-order valence-corrected chi connectivity index (χ0v) is 19.2. The molecule has 1 fully saturated rings. The van der Waals surface area contributed by atoms with Crippen molar-refractivity contribution in [2.24, 2.45) is 5.10 Å². The summed E-state index contributed by atoms with van der Waals surface area (Å²) in [6.07, 6.45) is 3.44. The zero-order valence-electron chi connectivity index (χ0n) is 19.2. The van der Waals surface area contributed by atoms with E-state index in [0.717, 1.165) is 5.56 Å². The highest BCUT2D eigenvalue weighted by atomic mass is 16.3. The topological polar surface area (TPSA) is 104 Å². The summed E-state index contributed by atoms with van der Waals surface area (Å²) in [5.41, 5.74) is 4.72. The van der Waals surface area contributed by atoms with Crippen LogP contribution in [0.3, 0.4) is 0 Å². The Bertz CT molecular complexity index is 1430. The highest BCUT2D eigenvalue weighted by Crippen LogP contribution is 2.24. The highest BCUT2D eigenvalue weighted by molar-refractivity contribution is 6.38. The van der Waals surface area contributed by atoms with Crippen LogP contribution in [0.4, 0.5) is 11.6 Å². The first-order valence-electron chi connectivity index (χ1n) is 11.3. The van der Waals surface area contributed by atoms with Gasteiger partial charge in [0.25, 0.3) is 0 Å². The van der Waals surface area contributed by atoms with Crippen LogP contribution >= 0.6 is 0 Å². The Kier molecular flexibility index (Phi) is 6.21. The summed E-state index contributed by atoms with van der Waals surface area (Å²) in [7, 11) is 0. The van der Waals surface area contributed by atoms with Crippen molar-refractivity contribution in [3.05, 3.63) is 83.3 Å². The summed E-state index contributed by atoms with van der Waals surface area (Å²) in [6.45, 7) is 4.09. The number of nitrogens with one attached hydrogen (secondary N) is 1. The number of benzene rings is 2. The minimum atomic E-state index is -0.138. The fourth-order valence-corrected chi connectivity index (χ4v) is 4.03. The van der Waals surface area contributed by atoms with Gasteiger partial charge in [0.15, 0.2) is 17.0 Å². The van der Waals surface area contributed by atoms with Crippen molar-refractivity contribution in [1.29, 1.82) is 0 Å². The number of carbonyl (C=O) groups excluding carboxylic acids is 1. The summed E-state index contributed by atoms with van der Waals surface area (Å²) in [6, 6.07) is 17.9. The quantitative estimate of drug-likeness (QED) is 0.270. The molecular formula is C26H24N6O3. The van der Waals surface area contributed by atoms with E-state index in [2.05, 4.69) is 25.4 Å². The van der Waals surface area contributed by atoms with Crippen molar-refractivity contribution >= 4 is 34.2 Å².